The Labute approximate surface area is 151 Å². The Balaban J connectivity index is 3.35. The standard InChI is InChI=1S/C14H18F8N2S2/c1-8(13(2,3)4)23-12(25)24-10-6-5-9(14(15,16)17)7-11(10)26(18,19,20,21)22/h5-8H,1-4H3,(H2,23,24,25). The number of thiocarbonyl (C=S) groups is 1. The molecule has 0 saturated carbocycles. The van der Waals surface area contributed by atoms with Crippen LogP contribution in [0.2, 0.25) is 0 Å². The van der Waals surface area contributed by atoms with Crippen LogP contribution in [-0.4, -0.2) is 11.2 Å². The van der Waals surface area contributed by atoms with Gasteiger partial charge in [0.1, 0.15) is 4.90 Å². The lowest BCUT2D eigenvalue weighted by molar-refractivity contribution is -0.137. The number of hydrogen-bond donors (Lipinski definition) is 2. The summed E-state index contributed by atoms with van der Waals surface area (Å²) < 4.78 is 104. The van der Waals surface area contributed by atoms with E-state index < -0.39 is 43.7 Å². The van der Waals surface area contributed by atoms with E-state index in [0.29, 0.717) is 0 Å². The van der Waals surface area contributed by atoms with E-state index in [2.05, 4.69) is 5.32 Å². The fourth-order valence-electron chi connectivity index (χ4n) is 1.69. The first-order valence-corrected chi connectivity index (χ1v) is 9.50. The van der Waals surface area contributed by atoms with E-state index in [0.717, 1.165) is 0 Å². The third kappa shape index (κ3) is 6.15. The van der Waals surface area contributed by atoms with E-state index in [9.17, 15) is 32.6 Å². The van der Waals surface area contributed by atoms with E-state index >= 15 is 0 Å². The Hall–Kier alpha value is -1.30. The molecule has 0 saturated heterocycles. The smallest absolute Gasteiger partial charge is 0.359 e. The molecule has 2 nitrogen and oxygen atoms in total. The van der Waals surface area contributed by atoms with Crippen LogP contribution < -0.4 is 10.6 Å². The first-order chi connectivity index (χ1) is 11.1. The molecule has 0 radical (unpaired) electrons. The molecule has 1 aromatic carbocycles. The van der Waals surface area contributed by atoms with Crippen LogP contribution in [0.3, 0.4) is 0 Å². The lowest BCUT2D eigenvalue weighted by atomic mass is 9.88. The van der Waals surface area contributed by atoms with Gasteiger partial charge in [0, 0.05) is 6.04 Å². The van der Waals surface area contributed by atoms with Gasteiger partial charge in [-0.3, -0.25) is 0 Å². The third-order valence-electron chi connectivity index (χ3n) is 3.62. The molecule has 12 heteroatoms. The molecule has 0 aliphatic carbocycles. The number of hydrogen-bond acceptors (Lipinski definition) is 1. The summed E-state index contributed by atoms with van der Waals surface area (Å²) in [5.74, 6) is 0. The van der Waals surface area contributed by atoms with Gasteiger partial charge in [0.05, 0.1) is 11.3 Å². The average molecular weight is 430 g/mol. The molecule has 0 fully saturated rings. The van der Waals surface area contributed by atoms with Crippen molar-refractivity contribution in [2.75, 3.05) is 5.32 Å². The Bertz CT molecular complexity index is 705. The van der Waals surface area contributed by atoms with Gasteiger partial charge in [-0.05, 0) is 42.8 Å². The van der Waals surface area contributed by atoms with Crippen LogP contribution in [0.25, 0.3) is 0 Å². The molecule has 2 N–H and O–H groups in total. The largest absolute Gasteiger partial charge is 0.416 e. The molecule has 26 heavy (non-hydrogen) atoms. The van der Waals surface area contributed by atoms with Crippen molar-refractivity contribution in [3.63, 3.8) is 0 Å². The summed E-state index contributed by atoms with van der Waals surface area (Å²) in [6.07, 6.45) is -5.21. The fraction of sp³-hybridized carbons (Fsp3) is 0.500. The van der Waals surface area contributed by atoms with E-state index in [1.165, 1.54) is 0 Å². The van der Waals surface area contributed by atoms with Crippen LogP contribution in [0.4, 0.5) is 38.3 Å². The highest BCUT2D eigenvalue weighted by molar-refractivity contribution is 8.45. The van der Waals surface area contributed by atoms with Gasteiger partial charge in [-0.15, -0.1) is 0 Å². The van der Waals surface area contributed by atoms with Gasteiger partial charge in [-0.1, -0.05) is 40.2 Å². The molecule has 0 spiro atoms. The van der Waals surface area contributed by atoms with Crippen molar-refractivity contribution >= 4 is 33.2 Å². The second kappa shape index (κ2) is 5.85. The lowest BCUT2D eigenvalue weighted by Crippen LogP contribution is -2.43. The minimum atomic E-state index is -10.4. The van der Waals surface area contributed by atoms with Gasteiger partial charge in [0.25, 0.3) is 0 Å². The van der Waals surface area contributed by atoms with Crippen LogP contribution in [0.5, 0.6) is 0 Å². The molecular weight excluding hydrogens is 412 g/mol. The van der Waals surface area contributed by atoms with Gasteiger partial charge in [0.15, 0.2) is 5.11 Å². The molecule has 0 aliphatic rings. The van der Waals surface area contributed by atoms with Gasteiger partial charge < -0.3 is 10.6 Å². The first-order valence-electron chi connectivity index (χ1n) is 7.14. The Kier molecular flexibility index (Phi) is 5.11. The van der Waals surface area contributed by atoms with Gasteiger partial charge >= 0.3 is 16.4 Å². The van der Waals surface area contributed by atoms with E-state index in [4.69, 9.17) is 12.2 Å². The van der Waals surface area contributed by atoms with Crippen molar-refractivity contribution in [3.05, 3.63) is 23.8 Å². The monoisotopic (exact) mass is 430 g/mol. The summed E-state index contributed by atoms with van der Waals surface area (Å²) in [6, 6.07) is -0.420. The SMILES string of the molecule is CC(NC(=S)Nc1ccc(C(F)(F)F)cc1S(F)(F)(F)(F)F)C(C)(C)C. The van der Waals surface area contributed by atoms with Crippen LogP contribution >= 0.6 is 22.4 Å². The van der Waals surface area contributed by atoms with Gasteiger partial charge in [-0.25, -0.2) is 0 Å². The molecule has 0 amide bonds. The van der Waals surface area contributed by atoms with Crippen LogP contribution in [0.15, 0.2) is 23.1 Å². The highest BCUT2D eigenvalue weighted by atomic mass is 32.5. The second-order valence-corrected chi connectivity index (χ2v) is 9.65. The van der Waals surface area contributed by atoms with Crippen molar-refractivity contribution < 1.29 is 32.6 Å². The van der Waals surface area contributed by atoms with Crippen molar-refractivity contribution in [3.8, 4) is 0 Å². The van der Waals surface area contributed by atoms with Crippen molar-refractivity contribution in [2.24, 2.45) is 5.41 Å². The Morgan fingerprint density at radius 2 is 1.54 bits per heavy atom. The summed E-state index contributed by atoms with van der Waals surface area (Å²) >= 11 is 4.80. The van der Waals surface area contributed by atoms with Gasteiger partial charge in [0.2, 0.25) is 0 Å². The zero-order valence-electron chi connectivity index (χ0n) is 14.1. The van der Waals surface area contributed by atoms with Crippen LogP contribution in [0.1, 0.15) is 33.3 Å². The number of halogens is 8. The topological polar surface area (TPSA) is 24.1 Å². The number of nitrogens with one attached hydrogen (secondary N) is 2. The lowest BCUT2D eigenvalue weighted by Gasteiger charge is -2.42. The maximum Gasteiger partial charge on any atom is 0.416 e. The summed E-state index contributed by atoms with van der Waals surface area (Å²) in [5, 5.41) is 4.13. The molecule has 1 atom stereocenters. The fourth-order valence-corrected chi connectivity index (χ4v) is 2.86. The van der Waals surface area contributed by atoms with Crippen molar-refractivity contribution in [1.82, 2.24) is 5.32 Å². The molecule has 0 aromatic heterocycles. The molecule has 1 unspecified atom stereocenters. The van der Waals surface area contributed by atoms with Gasteiger partial charge in [-0.2, -0.15) is 13.2 Å². The minimum absolute atomic E-state index is 0.269. The molecule has 0 heterocycles. The van der Waals surface area contributed by atoms with Crippen molar-refractivity contribution in [1.29, 1.82) is 0 Å². The summed E-state index contributed by atoms with van der Waals surface area (Å²) in [7, 11) is -10.4. The second-order valence-electron chi connectivity index (χ2n) is 6.86. The number of rotatable bonds is 3. The zero-order valence-corrected chi connectivity index (χ0v) is 15.8. The Morgan fingerprint density at radius 3 is 1.92 bits per heavy atom. The third-order valence-corrected chi connectivity index (χ3v) is 5.01. The summed E-state index contributed by atoms with van der Waals surface area (Å²) in [5.41, 5.74) is -3.46. The first kappa shape index (κ1) is 22.7. The number of anilines is 1. The molecule has 1 rings (SSSR count). The number of benzene rings is 1. The average Bonchev–Trinajstić information content (AvgIpc) is 2.33. The molecule has 0 bridgehead atoms. The van der Waals surface area contributed by atoms with E-state index in [1.807, 2.05) is 5.32 Å². The predicted molar refractivity (Wildman–Crippen MR) is 91.1 cm³/mol. The maximum absolute atomic E-state index is 13.2. The molecule has 1 aromatic rings. The maximum atomic E-state index is 13.2. The normalized spacial score (nSPS) is 17.1. The summed E-state index contributed by atoms with van der Waals surface area (Å²) in [4.78, 5) is -2.67. The quantitative estimate of drug-likeness (QED) is 0.396. The minimum Gasteiger partial charge on any atom is -0.359 e. The van der Waals surface area contributed by atoms with E-state index in [-0.39, 0.29) is 23.6 Å². The summed E-state index contributed by atoms with van der Waals surface area (Å²) in [6.45, 7) is 7.05. The number of alkyl halides is 3. The highest BCUT2D eigenvalue weighted by Gasteiger charge is 2.67. The molecule has 152 valence electrons. The molecular formula is C14H18F8N2S2. The van der Waals surface area contributed by atoms with Crippen LogP contribution in [-0.2, 0) is 6.18 Å². The van der Waals surface area contributed by atoms with E-state index in [1.54, 1.807) is 27.7 Å². The molecule has 0 aliphatic heterocycles. The van der Waals surface area contributed by atoms with Crippen LogP contribution in [0, 0.1) is 5.41 Å². The predicted octanol–water partition coefficient (Wildman–Crippen LogP) is 7.08. The van der Waals surface area contributed by atoms with Crippen molar-refractivity contribution in [2.45, 2.75) is 44.8 Å². The zero-order chi connectivity index (χ0) is 20.8. The highest BCUT2D eigenvalue weighted by Crippen LogP contribution is 3.03. The Morgan fingerprint density at radius 1 is 1.04 bits per heavy atom.